The number of carbonyl (C=O) groups is 1. The fourth-order valence-corrected chi connectivity index (χ4v) is 4.53. The number of ether oxygens (including phenoxy) is 1. The summed E-state index contributed by atoms with van der Waals surface area (Å²) in [6.07, 6.45) is 0.300. The van der Waals surface area contributed by atoms with Crippen molar-refractivity contribution in [3.8, 4) is 5.75 Å². The Balaban J connectivity index is 1.54. The van der Waals surface area contributed by atoms with E-state index in [1.165, 1.54) is 6.07 Å². The Morgan fingerprint density at radius 3 is 2.72 bits per heavy atom. The standard InChI is InChI=1S/C25H21ClFN3O2/c1-32-18-10-11-19(26)23(13-18)29-15-17(12-24(29)31)25-28-21-8-4-5-9-22(21)30(25)14-16-6-2-3-7-20(16)27/h2-11,13,17H,12,14-15H2,1H3. The summed E-state index contributed by atoms with van der Waals surface area (Å²) in [4.78, 5) is 19.5. The summed E-state index contributed by atoms with van der Waals surface area (Å²) in [5.74, 6) is 0.957. The summed E-state index contributed by atoms with van der Waals surface area (Å²) in [6, 6.07) is 19.8. The van der Waals surface area contributed by atoms with Gasteiger partial charge in [-0.1, -0.05) is 41.9 Å². The van der Waals surface area contributed by atoms with Crippen LogP contribution < -0.4 is 9.64 Å². The van der Waals surface area contributed by atoms with Crippen LogP contribution in [0.15, 0.2) is 66.7 Å². The molecule has 0 N–H and O–H groups in total. The molecule has 1 aromatic heterocycles. The minimum absolute atomic E-state index is 0.0327. The van der Waals surface area contributed by atoms with Crippen molar-refractivity contribution < 1.29 is 13.9 Å². The Kier molecular flexibility index (Phi) is 5.31. The molecule has 2 heterocycles. The molecule has 3 aromatic carbocycles. The molecule has 4 aromatic rings. The highest BCUT2D eigenvalue weighted by atomic mass is 35.5. The van der Waals surface area contributed by atoms with Gasteiger partial charge < -0.3 is 14.2 Å². The van der Waals surface area contributed by atoms with Crippen LogP contribution in [-0.2, 0) is 11.3 Å². The van der Waals surface area contributed by atoms with E-state index in [1.54, 1.807) is 42.3 Å². The Morgan fingerprint density at radius 2 is 1.91 bits per heavy atom. The molecule has 1 amide bonds. The number of nitrogens with zero attached hydrogens (tertiary/aromatic N) is 3. The molecular weight excluding hydrogens is 429 g/mol. The first-order valence-corrected chi connectivity index (χ1v) is 10.8. The zero-order valence-corrected chi connectivity index (χ0v) is 18.2. The summed E-state index contributed by atoms with van der Waals surface area (Å²) < 4.78 is 21.7. The summed E-state index contributed by atoms with van der Waals surface area (Å²) in [5.41, 5.74) is 2.93. The largest absolute Gasteiger partial charge is 0.497 e. The molecule has 0 radical (unpaired) electrons. The van der Waals surface area contributed by atoms with Gasteiger partial charge in [-0.25, -0.2) is 9.37 Å². The number of methoxy groups -OCH3 is 1. The summed E-state index contributed by atoms with van der Waals surface area (Å²) >= 11 is 6.40. The van der Waals surface area contributed by atoms with Crippen LogP contribution >= 0.6 is 11.6 Å². The number of halogens is 2. The van der Waals surface area contributed by atoms with E-state index in [9.17, 15) is 9.18 Å². The lowest BCUT2D eigenvalue weighted by molar-refractivity contribution is -0.117. The van der Waals surface area contributed by atoms with E-state index >= 15 is 0 Å². The molecule has 0 aliphatic carbocycles. The van der Waals surface area contributed by atoms with Gasteiger partial charge in [0, 0.05) is 30.5 Å². The second-order valence-electron chi connectivity index (χ2n) is 7.86. The SMILES string of the molecule is COc1ccc(Cl)c(N2CC(c3nc4ccccc4n3Cc3ccccc3F)CC2=O)c1. The molecule has 1 aliphatic rings. The first kappa shape index (κ1) is 20.5. The Morgan fingerprint density at radius 1 is 1.12 bits per heavy atom. The molecule has 0 saturated carbocycles. The molecule has 5 nitrogen and oxygen atoms in total. The van der Waals surface area contributed by atoms with Crippen LogP contribution in [0, 0.1) is 5.82 Å². The summed E-state index contributed by atoms with van der Waals surface area (Å²) in [6.45, 7) is 0.777. The molecule has 1 fully saturated rings. The minimum Gasteiger partial charge on any atom is -0.497 e. The van der Waals surface area contributed by atoms with E-state index < -0.39 is 0 Å². The Labute approximate surface area is 190 Å². The molecular formula is C25H21ClFN3O2. The van der Waals surface area contributed by atoms with Gasteiger partial charge >= 0.3 is 0 Å². The predicted octanol–water partition coefficient (Wildman–Crippen LogP) is 5.41. The maximum atomic E-state index is 14.4. The number of imidazole rings is 1. The maximum Gasteiger partial charge on any atom is 0.227 e. The van der Waals surface area contributed by atoms with Crippen molar-refractivity contribution in [2.75, 3.05) is 18.6 Å². The quantitative estimate of drug-likeness (QED) is 0.409. The lowest BCUT2D eigenvalue weighted by atomic mass is 10.1. The normalized spacial score (nSPS) is 16.2. The van der Waals surface area contributed by atoms with Crippen LogP contribution in [0.4, 0.5) is 10.1 Å². The average Bonchev–Trinajstić information content (AvgIpc) is 3.36. The summed E-state index contributed by atoms with van der Waals surface area (Å²) in [5, 5.41) is 0.486. The van der Waals surface area contributed by atoms with Crippen molar-refractivity contribution in [3.05, 3.63) is 89.0 Å². The molecule has 1 unspecified atom stereocenters. The van der Waals surface area contributed by atoms with Crippen LogP contribution in [0.1, 0.15) is 23.7 Å². The van der Waals surface area contributed by atoms with Crippen molar-refractivity contribution in [2.24, 2.45) is 0 Å². The fraction of sp³-hybridized carbons (Fsp3) is 0.200. The average molecular weight is 450 g/mol. The molecule has 0 bridgehead atoms. The number of para-hydroxylation sites is 2. The van der Waals surface area contributed by atoms with E-state index in [4.69, 9.17) is 21.3 Å². The van der Waals surface area contributed by atoms with Gasteiger partial charge in [0.25, 0.3) is 0 Å². The number of aromatic nitrogens is 2. The molecule has 1 saturated heterocycles. The van der Waals surface area contributed by atoms with Gasteiger partial charge in [-0.15, -0.1) is 0 Å². The number of anilines is 1. The van der Waals surface area contributed by atoms with Crippen molar-refractivity contribution in [1.29, 1.82) is 0 Å². The third-order valence-corrected chi connectivity index (χ3v) is 6.22. The van der Waals surface area contributed by atoms with Gasteiger partial charge in [0.1, 0.15) is 17.4 Å². The molecule has 5 rings (SSSR count). The summed E-state index contributed by atoms with van der Waals surface area (Å²) in [7, 11) is 1.58. The number of carbonyl (C=O) groups excluding carboxylic acids is 1. The van der Waals surface area contributed by atoms with Crippen molar-refractivity contribution in [3.63, 3.8) is 0 Å². The lowest BCUT2D eigenvalue weighted by Crippen LogP contribution is -2.25. The minimum atomic E-state index is -0.261. The highest BCUT2D eigenvalue weighted by Gasteiger charge is 2.36. The molecule has 7 heteroatoms. The van der Waals surface area contributed by atoms with Gasteiger partial charge in [-0.3, -0.25) is 4.79 Å². The van der Waals surface area contributed by atoms with Crippen molar-refractivity contribution in [2.45, 2.75) is 18.9 Å². The first-order chi connectivity index (χ1) is 15.5. The zero-order valence-electron chi connectivity index (χ0n) is 17.5. The molecule has 32 heavy (non-hydrogen) atoms. The predicted molar refractivity (Wildman–Crippen MR) is 123 cm³/mol. The molecule has 0 spiro atoms. The van der Waals surface area contributed by atoms with Gasteiger partial charge in [-0.2, -0.15) is 0 Å². The lowest BCUT2D eigenvalue weighted by Gasteiger charge is -2.19. The van der Waals surface area contributed by atoms with Crippen molar-refractivity contribution in [1.82, 2.24) is 9.55 Å². The van der Waals surface area contributed by atoms with Gasteiger partial charge in [0.15, 0.2) is 0 Å². The number of benzene rings is 3. The van der Waals surface area contributed by atoms with Crippen LogP contribution in [0.3, 0.4) is 0 Å². The maximum absolute atomic E-state index is 14.4. The van der Waals surface area contributed by atoms with E-state index in [0.717, 1.165) is 16.9 Å². The van der Waals surface area contributed by atoms with Gasteiger partial charge in [-0.05, 0) is 30.3 Å². The number of hydrogen-bond donors (Lipinski definition) is 0. The highest BCUT2D eigenvalue weighted by Crippen LogP contribution is 2.38. The van der Waals surface area contributed by atoms with Crippen molar-refractivity contribution >= 4 is 34.2 Å². The number of hydrogen-bond acceptors (Lipinski definition) is 3. The van der Waals surface area contributed by atoms with Crippen LogP contribution in [-0.4, -0.2) is 29.1 Å². The third kappa shape index (κ3) is 3.60. The topological polar surface area (TPSA) is 47.4 Å². The van der Waals surface area contributed by atoms with Crippen LogP contribution in [0.25, 0.3) is 11.0 Å². The Hall–Kier alpha value is -3.38. The number of rotatable bonds is 5. The van der Waals surface area contributed by atoms with E-state index in [-0.39, 0.29) is 17.6 Å². The third-order valence-electron chi connectivity index (χ3n) is 5.90. The fourth-order valence-electron chi connectivity index (χ4n) is 4.31. The molecule has 1 atom stereocenters. The van der Waals surface area contributed by atoms with Gasteiger partial charge in [0.05, 0.1) is 35.4 Å². The van der Waals surface area contributed by atoms with Gasteiger partial charge in [0.2, 0.25) is 5.91 Å². The van der Waals surface area contributed by atoms with Crippen LogP contribution in [0.2, 0.25) is 5.02 Å². The van der Waals surface area contributed by atoms with E-state index in [2.05, 4.69) is 0 Å². The Bertz CT molecular complexity index is 1320. The first-order valence-electron chi connectivity index (χ1n) is 10.4. The smallest absolute Gasteiger partial charge is 0.227 e. The van der Waals surface area contributed by atoms with E-state index in [0.29, 0.717) is 41.5 Å². The van der Waals surface area contributed by atoms with E-state index in [1.807, 2.05) is 34.9 Å². The monoisotopic (exact) mass is 449 g/mol. The number of amides is 1. The second kappa shape index (κ2) is 8.28. The zero-order chi connectivity index (χ0) is 22.2. The number of fused-ring (bicyclic) bond motifs is 1. The second-order valence-corrected chi connectivity index (χ2v) is 8.27. The molecule has 162 valence electrons. The highest BCUT2D eigenvalue weighted by molar-refractivity contribution is 6.34. The van der Waals surface area contributed by atoms with Crippen LogP contribution in [0.5, 0.6) is 5.75 Å². The molecule has 1 aliphatic heterocycles.